The van der Waals surface area contributed by atoms with Crippen molar-refractivity contribution in [3.05, 3.63) is 0 Å². The van der Waals surface area contributed by atoms with Gasteiger partial charge in [-0.25, -0.2) is 0 Å². The Morgan fingerprint density at radius 2 is 1.45 bits per heavy atom. The predicted octanol–water partition coefficient (Wildman–Crippen LogP) is 5.45. The second-order valence-corrected chi connectivity index (χ2v) is 10.0. The van der Waals surface area contributed by atoms with Crippen LogP contribution in [0.3, 0.4) is 0 Å². The lowest BCUT2D eigenvalue weighted by molar-refractivity contribution is -0.228. The molecule has 0 spiro atoms. The summed E-state index contributed by atoms with van der Waals surface area (Å²) in [5.74, 6) is 0.0592. The van der Waals surface area contributed by atoms with E-state index in [1.807, 2.05) is 20.8 Å². The van der Waals surface area contributed by atoms with Crippen LogP contribution in [0.1, 0.15) is 73.6 Å². The zero-order valence-electron chi connectivity index (χ0n) is 19.2. The number of hydrogen-bond donors (Lipinski definition) is 0. The van der Waals surface area contributed by atoms with E-state index in [4.69, 9.17) is 14.2 Å². The number of unbranched alkanes of at least 4 members (excludes halogenated alkanes) is 1. The third kappa shape index (κ3) is 12.2. The maximum absolute atomic E-state index is 13.4. The molecule has 0 aromatic carbocycles. The molecule has 1 rings (SSSR count). The quantitative estimate of drug-likeness (QED) is 0.412. The summed E-state index contributed by atoms with van der Waals surface area (Å²) in [6.07, 6.45) is -2.70. The smallest absolute Gasteiger partial charge is 0.379 e. The van der Waals surface area contributed by atoms with Crippen LogP contribution in [-0.2, 0) is 14.2 Å². The molecular weight excluding hydrogens is 383 g/mol. The highest BCUT2D eigenvalue weighted by atomic mass is 19.4. The number of hydrogen-bond acceptors (Lipinski definition) is 4. The molecule has 0 amide bonds. The summed E-state index contributed by atoms with van der Waals surface area (Å²) in [6, 6.07) is 0. The summed E-state index contributed by atoms with van der Waals surface area (Å²) in [7, 11) is 0. The third-order valence-electron chi connectivity index (χ3n) is 5.24. The minimum atomic E-state index is -4.33. The summed E-state index contributed by atoms with van der Waals surface area (Å²) < 4.78 is 56.3. The Labute approximate surface area is 175 Å². The molecule has 1 unspecified atom stereocenters. The van der Waals surface area contributed by atoms with E-state index in [0.29, 0.717) is 13.2 Å². The maximum atomic E-state index is 13.4. The standard InChI is InChI=1S/C22H42F3NO3/c1-20(2,3)26-11-9-18(10-12-26)17-19(22(23,24)25)28-16-15-27-13-7-8-14-29-21(4,5)6/h18-19H,7-17H2,1-6H3. The highest BCUT2D eigenvalue weighted by Gasteiger charge is 2.42. The second-order valence-electron chi connectivity index (χ2n) is 10.0. The van der Waals surface area contributed by atoms with Gasteiger partial charge in [0.1, 0.15) is 0 Å². The van der Waals surface area contributed by atoms with Crippen molar-refractivity contribution >= 4 is 0 Å². The maximum Gasteiger partial charge on any atom is 0.414 e. The Balaban J connectivity index is 2.22. The van der Waals surface area contributed by atoms with Crippen LogP contribution in [0.2, 0.25) is 0 Å². The molecule has 1 fully saturated rings. The van der Waals surface area contributed by atoms with Crippen LogP contribution >= 0.6 is 0 Å². The lowest BCUT2D eigenvalue weighted by atomic mass is 9.88. The van der Waals surface area contributed by atoms with Gasteiger partial charge in [-0.1, -0.05) is 0 Å². The first-order valence-electron chi connectivity index (χ1n) is 10.9. The monoisotopic (exact) mass is 425 g/mol. The normalized spacial score (nSPS) is 18.9. The molecule has 0 radical (unpaired) electrons. The molecular formula is C22H42F3NO3. The molecule has 0 aromatic rings. The van der Waals surface area contributed by atoms with Crippen molar-refractivity contribution in [2.24, 2.45) is 5.92 Å². The van der Waals surface area contributed by atoms with Gasteiger partial charge in [0.25, 0.3) is 0 Å². The third-order valence-corrected chi connectivity index (χ3v) is 5.24. The number of piperidine rings is 1. The average molecular weight is 426 g/mol. The van der Waals surface area contributed by atoms with Gasteiger partial charge in [0, 0.05) is 18.8 Å². The van der Waals surface area contributed by atoms with Gasteiger partial charge in [0.15, 0.2) is 6.10 Å². The highest BCUT2D eigenvalue weighted by Crippen LogP contribution is 2.33. The number of nitrogens with zero attached hydrogens (tertiary/aromatic N) is 1. The van der Waals surface area contributed by atoms with E-state index in [1.54, 1.807) is 0 Å². The van der Waals surface area contributed by atoms with Crippen LogP contribution in [0.4, 0.5) is 13.2 Å². The van der Waals surface area contributed by atoms with E-state index in [9.17, 15) is 13.2 Å². The predicted molar refractivity (Wildman–Crippen MR) is 110 cm³/mol. The molecule has 1 saturated heterocycles. The Morgan fingerprint density at radius 3 is 1.97 bits per heavy atom. The molecule has 1 aliphatic heterocycles. The zero-order chi connectivity index (χ0) is 22.1. The Hall–Kier alpha value is -0.370. The van der Waals surface area contributed by atoms with Crippen LogP contribution in [0, 0.1) is 5.92 Å². The van der Waals surface area contributed by atoms with Crippen molar-refractivity contribution in [3.8, 4) is 0 Å². The van der Waals surface area contributed by atoms with Crippen LogP contribution in [0.15, 0.2) is 0 Å². The van der Waals surface area contributed by atoms with Crippen molar-refractivity contribution in [2.45, 2.75) is 97.1 Å². The molecule has 174 valence electrons. The van der Waals surface area contributed by atoms with Gasteiger partial charge in [0.05, 0.1) is 18.8 Å². The average Bonchev–Trinajstić information content (AvgIpc) is 2.57. The van der Waals surface area contributed by atoms with Gasteiger partial charge >= 0.3 is 6.18 Å². The molecule has 1 atom stereocenters. The number of likely N-dealkylation sites (tertiary alicyclic amines) is 1. The molecule has 0 N–H and O–H groups in total. The van der Waals surface area contributed by atoms with Crippen molar-refractivity contribution in [2.75, 3.05) is 39.5 Å². The summed E-state index contributed by atoms with van der Waals surface area (Å²) in [4.78, 5) is 2.34. The van der Waals surface area contributed by atoms with Gasteiger partial charge in [-0.05, 0) is 92.7 Å². The Kier molecular flexibility index (Phi) is 10.9. The second kappa shape index (κ2) is 11.9. The van der Waals surface area contributed by atoms with Crippen LogP contribution in [0.5, 0.6) is 0 Å². The van der Waals surface area contributed by atoms with Crippen molar-refractivity contribution < 1.29 is 27.4 Å². The molecule has 0 aromatic heterocycles. The van der Waals surface area contributed by atoms with E-state index in [-0.39, 0.29) is 36.7 Å². The molecule has 1 heterocycles. The van der Waals surface area contributed by atoms with E-state index < -0.39 is 12.3 Å². The highest BCUT2D eigenvalue weighted by molar-refractivity contribution is 4.84. The molecule has 4 nitrogen and oxygen atoms in total. The number of alkyl halides is 3. The first-order chi connectivity index (χ1) is 13.3. The first kappa shape index (κ1) is 26.7. The molecule has 1 aliphatic rings. The van der Waals surface area contributed by atoms with Gasteiger partial charge in [0.2, 0.25) is 0 Å². The van der Waals surface area contributed by atoms with E-state index >= 15 is 0 Å². The summed E-state index contributed by atoms with van der Waals surface area (Å²) in [5, 5.41) is 0. The topological polar surface area (TPSA) is 30.9 Å². The van der Waals surface area contributed by atoms with Crippen molar-refractivity contribution in [3.63, 3.8) is 0 Å². The van der Waals surface area contributed by atoms with Gasteiger partial charge in [-0.15, -0.1) is 0 Å². The first-order valence-corrected chi connectivity index (χ1v) is 10.9. The lowest BCUT2D eigenvalue weighted by Gasteiger charge is -2.41. The van der Waals surface area contributed by atoms with Gasteiger partial charge in [-0.3, -0.25) is 4.90 Å². The zero-order valence-corrected chi connectivity index (χ0v) is 19.2. The lowest BCUT2D eigenvalue weighted by Crippen LogP contribution is -2.47. The fraction of sp³-hybridized carbons (Fsp3) is 1.00. The van der Waals surface area contributed by atoms with E-state index in [0.717, 1.165) is 38.8 Å². The van der Waals surface area contributed by atoms with Crippen LogP contribution < -0.4 is 0 Å². The minimum absolute atomic E-state index is 0.0243. The van der Waals surface area contributed by atoms with E-state index in [1.165, 1.54) is 0 Å². The summed E-state index contributed by atoms with van der Waals surface area (Å²) in [6.45, 7) is 15.5. The summed E-state index contributed by atoms with van der Waals surface area (Å²) in [5.41, 5.74) is -0.0776. The number of ether oxygens (including phenoxy) is 3. The molecule has 0 bridgehead atoms. The number of halogens is 3. The van der Waals surface area contributed by atoms with E-state index in [2.05, 4.69) is 25.7 Å². The Morgan fingerprint density at radius 1 is 0.862 bits per heavy atom. The van der Waals surface area contributed by atoms with Gasteiger partial charge < -0.3 is 14.2 Å². The minimum Gasteiger partial charge on any atom is -0.379 e. The Bertz CT molecular complexity index is 436. The summed E-state index contributed by atoms with van der Waals surface area (Å²) >= 11 is 0. The number of rotatable bonds is 11. The largest absolute Gasteiger partial charge is 0.414 e. The van der Waals surface area contributed by atoms with Crippen LogP contribution in [-0.4, -0.2) is 67.8 Å². The molecule has 0 aliphatic carbocycles. The molecule has 29 heavy (non-hydrogen) atoms. The van der Waals surface area contributed by atoms with Crippen LogP contribution in [0.25, 0.3) is 0 Å². The molecule has 0 saturated carbocycles. The molecule has 7 heteroatoms. The van der Waals surface area contributed by atoms with Crippen molar-refractivity contribution in [1.29, 1.82) is 0 Å². The van der Waals surface area contributed by atoms with Crippen molar-refractivity contribution in [1.82, 2.24) is 4.90 Å². The SMILES string of the molecule is CC(C)(C)OCCCCOCCOC(CC1CCN(C(C)(C)C)CC1)C(F)(F)F. The fourth-order valence-corrected chi connectivity index (χ4v) is 3.47. The van der Waals surface area contributed by atoms with Gasteiger partial charge in [-0.2, -0.15) is 13.2 Å². The fourth-order valence-electron chi connectivity index (χ4n) is 3.47.